The van der Waals surface area contributed by atoms with Gasteiger partial charge in [-0.3, -0.25) is 23.2 Å². The molecule has 1 aromatic heterocycles. The van der Waals surface area contributed by atoms with Gasteiger partial charge in [0.1, 0.15) is 48.9 Å². The minimum Gasteiger partial charge on any atom is -0.460 e. The van der Waals surface area contributed by atoms with E-state index in [1.165, 1.54) is 6.08 Å². The Bertz CT molecular complexity index is 2780. The molecule has 1 aliphatic carbocycles. The van der Waals surface area contributed by atoms with Crippen molar-refractivity contribution < 1.29 is 61.1 Å². The van der Waals surface area contributed by atoms with Gasteiger partial charge >= 0.3 is 37.8 Å². The number of imide groups is 1. The van der Waals surface area contributed by atoms with E-state index in [0.717, 1.165) is 37.9 Å². The number of carbonyl (C=O) groups excluding carboxylic acids is 5. The summed E-state index contributed by atoms with van der Waals surface area (Å²) in [6.45, 7) is 14.2. The third kappa shape index (κ3) is 14.0. The van der Waals surface area contributed by atoms with E-state index >= 15 is 0 Å². The Labute approximate surface area is 412 Å². The van der Waals surface area contributed by atoms with Crippen molar-refractivity contribution in [3.63, 3.8) is 0 Å². The summed E-state index contributed by atoms with van der Waals surface area (Å²) in [4.78, 5) is 86.8. The first-order chi connectivity index (χ1) is 33.5. The zero-order chi connectivity index (χ0) is 51.7. The number of rotatable bonds is 15. The van der Waals surface area contributed by atoms with Gasteiger partial charge in [-0.2, -0.15) is 9.88 Å². The monoisotopic (exact) mass is 995 g/mol. The fraction of sp³-hybridized carbons (Fsp3) is 0.392. The summed E-state index contributed by atoms with van der Waals surface area (Å²) < 4.78 is 53.3. The number of nitrogens with zero attached hydrogens (tertiary/aromatic N) is 4. The number of esters is 1. The predicted octanol–water partition coefficient (Wildman–Crippen LogP) is 8.23. The largest absolute Gasteiger partial charge is 0.530 e. The zero-order valence-corrected chi connectivity index (χ0v) is 41.9. The summed E-state index contributed by atoms with van der Waals surface area (Å²) in [5.74, 6) is 3.52. The second kappa shape index (κ2) is 22.2. The SMILES string of the molecule is C=CCOC(=O)CN(CCNC(=O)OCC1c2ccccc2-c2ccccc21)C(=O)Cn1cc(C#CCCOP2(=O)Oc3ccccc3C(C)(C)O2)c(N(C(=O)OC(C)(C)C)C(=O)OC(C)(C)C)nc1=O. The molecule has 2 aliphatic rings. The minimum absolute atomic E-state index is 0.0385. The summed E-state index contributed by atoms with van der Waals surface area (Å²) in [7, 11) is -4.14. The maximum atomic E-state index is 14.1. The lowest BCUT2D eigenvalue weighted by Gasteiger charge is -2.35. The molecule has 19 nitrogen and oxygen atoms in total. The number of hydrogen-bond acceptors (Lipinski definition) is 15. The van der Waals surface area contributed by atoms with Crippen molar-refractivity contribution in [3.8, 4) is 28.7 Å². The van der Waals surface area contributed by atoms with Gasteiger partial charge < -0.3 is 33.7 Å². The third-order valence-electron chi connectivity index (χ3n) is 10.5. The average molecular weight is 996 g/mol. The normalized spacial score (nSPS) is 15.5. The Morgan fingerprint density at radius 2 is 1.51 bits per heavy atom. The highest BCUT2D eigenvalue weighted by Gasteiger charge is 2.44. The Morgan fingerprint density at radius 3 is 2.13 bits per heavy atom. The average Bonchev–Trinajstić information content (AvgIpc) is 3.60. The lowest BCUT2D eigenvalue weighted by molar-refractivity contribution is -0.148. The van der Waals surface area contributed by atoms with E-state index in [9.17, 15) is 33.3 Å². The quantitative estimate of drug-likeness (QED) is 0.0296. The lowest BCUT2D eigenvalue weighted by atomic mass is 9.98. The van der Waals surface area contributed by atoms with E-state index in [1.807, 2.05) is 48.5 Å². The highest BCUT2D eigenvalue weighted by molar-refractivity contribution is 7.49. The maximum absolute atomic E-state index is 14.1. The van der Waals surface area contributed by atoms with Crippen LogP contribution in [-0.2, 0) is 54.3 Å². The highest BCUT2D eigenvalue weighted by atomic mass is 31.2. The van der Waals surface area contributed by atoms with Crippen molar-refractivity contribution in [3.05, 3.63) is 124 Å². The molecule has 1 N–H and O–H groups in total. The van der Waals surface area contributed by atoms with Crippen LogP contribution in [0.15, 0.2) is 96.4 Å². The van der Waals surface area contributed by atoms with Crippen LogP contribution in [0.25, 0.3) is 11.1 Å². The standard InChI is InChI=1S/C51H58N5O14P/c1-10-28-64-43(58)32-54(27-26-52-46(60)65-33-39-37-22-13-11-20-35(37)36-21-12-14-23-38(36)39)42(57)31-55-30-34(19-17-18-29-66-71(63)69-41-25-16-15-24-40(41)51(8,9)70-71)44(53-45(55)59)56(47(61)67-49(2,3)4)48(62)68-50(5,6)7/h10-16,20-25,30,39H,1,18,26-29,31-33H2,2-9H3,(H,52,60). The summed E-state index contributed by atoms with van der Waals surface area (Å²) in [6.07, 6.45) is -0.959. The fourth-order valence-corrected chi connectivity index (χ4v) is 9.00. The number of phosphoric acid groups is 1. The number of para-hydroxylation sites is 1. The van der Waals surface area contributed by atoms with Crippen molar-refractivity contribution in [2.45, 2.75) is 91.1 Å². The summed E-state index contributed by atoms with van der Waals surface area (Å²) >= 11 is 0. The number of ether oxygens (including phenoxy) is 4. The summed E-state index contributed by atoms with van der Waals surface area (Å²) in [6, 6.07) is 22.7. The molecule has 1 atom stereocenters. The topological polar surface area (TPSA) is 220 Å². The van der Waals surface area contributed by atoms with Gasteiger partial charge in [0.15, 0.2) is 5.82 Å². The number of alkyl carbamates (subject to hydrolysis) is 1. The molecule has 6 rings (SSSR count). The second-order valence-electron chi connectivity index (χ2n) is 18.7. The second-order valence-corrected chi connectivity index (χ2v) is 20.3. The lowest BCUT2D eigenvalue weighted by Crippen LogP contribution is -2.46. The van der Waals surface area contributed by atoms with Crippen molar-refractivity contribution in [1.82, 2.24) is 19.8 Å². The van der Waals surface area contributed by atoms with Gasteiger partial charge in [0, 0.05) is 37.2 Å². The van der Waals surface area contributed by atoms with Crippen LogP contribution in [0.1, 0.15) is 90.0 Å². The number of nitrogens with one attached hydrogen (secondary N) is 1. The van der Waals surface area contributed by atoms with Crippen LogP contribution in [0, 0.1) is 11.8 Å². The van der Waals surface area contributed by atoms with E-state index < -0.39 is 79.4 Å². The van der Waals surface area contributed by atoms with Crippen molar-refractivity contribution >= 4 is 43.8 Å². The number of amides is 4. The van der Waals surface area contributed by atoms with Crippen LogP contribution in [0.2, 0.25) is 0 Å². The van der Waals surface area contributed by atoms with E-state index in [2.05, 4.69) is 28.7 Å². The first kappa shape index (κ1) is 53.1. The Balaban J connectivity index is 1.23. The van der Waals surface area contributed by atoms with E-state index in [-0.39, 0.29) is 50.8 Å². The fourth-order valence-electron chi connectivity index (χ4n) is 7.48. The molecule has 376 valence electrons. The third-order valence-corrected chi connectivity index (χ3v) is 12.1. The van der Waals surface area contributed by atoms with E-state index in [1.54, 1.807) is 79.7 Å². The molecular weight excluding hydrogens is 938 g/mol. The number of anilines is 1. The molecular formula is C51H58N5O14P. The smallest absolute Gasteiger partial charge is 0.460 e. The molecule has 2 heterocycles. The van der Waals surface area contributed by atoms with Crippen LogP contribution in [-0.4, -0.2) is 95.3 Å². The number of benzene rings is 3. The number of aromatic nitrogens is 2. The van der Waals surface area contributed by atoms with Gasteiger partial charge in [0.05, 0.1) is 12.2 Å². The van der Waals surface area contributed by atoms with Crippen LogP contribution in [0.3, 0.4) is 0 Å². The van der Waals surface area contributed by atoms with Gasteiger partial charge in [-0.05, 0) is 83.7 Å². The van der Waals surface area contributed by atoms with Gasteiger partial charge in [0.2, 0.25) is 5.91 Å². The molecule has 0 saturated heterocycles. The molecule has 0 radical (unpaired) electrons. The Morgan fingerprint density at radius 1 is 0.901 bits per heavy atom. The number of fused-ring (bicyclic) bond motifs is 4. The first-order valence-corrected chi connectivity index (χ1v) is 24.2. The van der Waals surface area contributed by atoms with Crippen LogP contribution >= 0.6 is 7.82 Å². The Hall–Kier alpha value is -7.26. The molecule has 71 heavy (non-hydrogen) atoms. The molecule has 0 saturated carbocycles. The van der Waals surface area contributed by atoms with Gasteiger partial charge in [-0.1, -0.05) is 91.2 Å². The van der Waals surface area contributed by atoms with Crippen molar-refractivity contribution in [2.24, 2.45) is 0 Å². The van der Waals surface area contributed by atoms with Crippen LogP contribution in [0.4, 0.5) is 20.2 Å². The molecule has 0 fully saturated rings. The molecule has 0 bridgehead atoms. The van der Waals surface area contributed by atoms with E-state index in [0.29, 0.717) is 16.2 Å². The molecule has 20 heteroatoms. The molecule has 4 amide bonds. The summed E-state index contributed by atoms with van der Waals surface area (Å²) in [5, 5.41) is 2.62. The number of hydrogen-bond donors (Lipinski definition) is 1. The first-order valence-electron chi connectivity index (χ1n) is 22.7. The molecule has 1 aliphatic heterocycles. The number of phosphoric ester groups is 1. The zero-order valence-electron chi connectivity index (χ0n) is 41.0. The van der Waals surface area contributed by atoms with Crippen molar-refractivity contribution in [2.75, 3.05) is 44.4 Å². The van der Waals surface area contributed by atoms with Gasteiger partial charge in [-0.15, -0.1) is 0 Å². The molecule has 1 unspecified atom stereocenters. The Kier molecular flexibility index (Phi) is 16.6. The van der Waals surface area contributed by atoms with Crippen LogP contribution < -0.4 is 20.4 Å². The molecule has 0 spiro atoms. The minimum atomic E-state index is -4.14. The van der Waals surface area contributed by atoms with Gasteiger partial charge in [-0.25, -0.2) is 23.7 Å². The van der Waals surface area contributed by atoms with Crippen molar-refractivity contribution in [1.29, 1.82) is 0 Å². The molecule has 3 aromatic carbocycles. The number of carbonyl (C=O) groups is 5. The molecule has 4 aromatic rings. The van der Waals surface area contributed by atoms with E-state index in [4.69, 9.17) is 32.5 Å². The predicted molar refractivity (Wildman–Crippen MR) is 260 cm³/mol. The maximum Gasteiger partial charge on any atom is 0.530 e. The van der Waals surface area contributed by atoms with Crippen LogP contribution in [0.5, 0.6) is 5.75 Å². The highest BCUT2D eigenvalue weighted by Crippen LogP contribution is 2.60. The van der Waals surface area contributed by atoms with Gasteiger partial charge in [0.25, 0.3) is 0 Å². The summed E-state index contributed by atoms with van der Waals surface area (Å²) in [5.41, 5.74) is 0.209.